The van der Waals surface area contributed by atoms with Crippen LogP contribution in [0.2, 0.25) is 0 Å². The molecule has 4 N–H and O–H groups in total. The zero-order chi connectivity index (χ0) is 11.7. The first-order valence-corrected chi connectivity index (χ1v) is 6.31. The van der Waals surface area contributed by atoms with Crippen LogP contribution in [0.1, 0.15) is 30.9 Å². The maximum absolute atomic E-state index is 10.1. The fraction of sp³-hybridized carbons (Fsp3) is 0.500. The van der Waals surface area contributed by atoms with Gasteiger partial charge in [-0.2, -0.15) is 0 Å². The number of phenols is 1. The van der Waals surface area contributed by atoms with Crippen molar-refractivity contribution in [2.75, 3.05) is 0 Å². The predicted molar refractivity (Wildman–Crippen MR) is 66.1 cm³/mol. The van der Waals surface area contributed by atoms with E-state index >= 15 is 0 Å². The molecule has 2 atom stereocenters. The summed E-state index contributed by atoms with van der Waals surface area (Å²) >= 11 is 3.24. The van der Waals surface area contributed by atoms with Crippen LogP contribution in [0.25, 0.3) is 0 Å². The number of benzene rings is 1. The fourth-order valence-corrected chi connectivity index (χ4v) is 2.44. The van der Waals surface area contributed by atoms with E-state index in [1.807, 2.05) is 6.07 Å². The molecule has 1 fully saturated rings. The molecule has 0 amide bonds. The number of nitrogens with two attached hydrogens (primary N) is 1. The van der Waals surface area contributed by atoms with E-state index in [0.717, 1.165) is 12.8 Å². The molecule has 16 heavy (non-hydrogen) atoms. The average Bonchev–Trinajstić information content (AvgIpc) is 2.18. The van der Waals surface area contributed by atoms with Gasteiger partial charge in [0, 0.05) is 5.56 Å². The zero-order valence-corrected chi connectivity index (χ0v) is 10.5. The summed E-state index contributed by atoms with van der Waals surface area (Å²) in [5.74, 6) is 0.418. The van der Waals surface area contributed by atoms with Crippen molar-refractivity contribution in [1.29, 1.82) is 0 Å². The third kappa shape index (κ3) is 2.10. The first kappa shape index (κ1) is 11.9. The zero-order valence-electron chi connectivity index (χ0n) is 8.94. The average molecular weight is 286 g/mol. The molecule has 0 bridgehead atoms. The van der Waals surface area contributed by atoms with E-state index < -0.39 is 12.1 Å². The van der Waals surface area contributed by atoms with Gasteiger partial charge in [0.05, 0.1) is 16.6 Å². The van der Waals surface area contributed by atoms with E-state index in [1.54, 1.807) is 12.1 Å². The van der Waals surface area contributed by atoms with E-state index in [-0.39, 0.29) is 11.7 Å². The largest absolute Gasteiger partial charge is 0.506 e. The number of hydrogen-bond donors (Lipinski definition) is 3. The molecule has 1 aliphatic carbocycles. The molecule has 3 nitrogen and oxygen atoms in total. The van der Waals surface area contributed by atoms with Crippen molar-refractivity contribution < 1.29 is 10.2 Å². The monoisotopic (exact) mass is 285 g/mol. The van der Waals surface area contributed by atoms with E-state index in [4.69, 9.17) is 5.73 Å². The first-order valence-electron chi connectivity index (χ1n) is 5.52. The molecule has 0 spiro atoms. The molecule has 0 radical (unpaired) electrons. The van der Waals surface area contributed by atoms with Crippen LogP contribution in [0.5, 0.6) is 5.75 Å². The van der Waals surface area contributed by atoms with Crippen LogP contribution in [-0.4, -0.2) is 16.3 Å². The first-order chi connectivity index (χ1) is 7.61. The van der Waals surface area contributed by atoms with Crippen LogP contribution in [0.15, 0.2) is 22.7 Å². The lowest BCUT2D eigenvalue weighted by Gasteiger charge is -2.34. The second-order valence-corrected chi connectivity index (χ2v) is 5.24. The second kappa shape index (κ2) is 4.73. The van der Waals surface area contributed by atoms with Crippen LogP contribution >= 0.6 is 15.9 Å². The van der Waals surface area contributed by atoms with Gasteiger partial charge in [-0.25, -0.2) is 0 Å². The summed E-state index contributed by atoms with van der Waals surface area (Å²) in [6.45, 7) is 0. The standard InChI is InChI=1S/C12H16BrNO2/c13-9-6-2-5-8(12(9)16)10(14)11(15)7-3-1-4-7/h2,5-7,10-11,15-16H,1,3-4,14H2/t10-,11+/m0/s1. The molecule has 0 heterocycles. The summed E-state index contributed by atoms with van der Waals surface area (Å²) in [6.07, 6.45) is 2.67. The molecular weight excluding hydrogens is 270 g/mol. The number of halogens is 1. The summed E-state index contributed by atoms with van der Waals surface area (Å²) in [5.41, 5.74) is 6.59. The Morgan fingerprint density at radius 2 is 2.06 bits per heavy atom. The van der Waals surface area contributed by atoms with Crippen LogP contribution in [0.4, 0.5) is 0 Å². The number of aromatic hydroxyl groups is 1. The summed E-state index contributed by atoms with van der Waals surface area (Å²) in [7, 11) is 0. The molecule has 4 heteroatoms. The molecule has 0 unspecified atom stereocenters. The van der Waals surface area contributed by atoms with E-state index in [2.05, 4.69) is 15.9 Å². The third-order valence-electron chi connectivity index (χ3n) is 3.38. The Morgan fingerprint density at radius 1 is 1.38 bits per heavy atom. The van der Waals surface area contributed by atoms with Crippen molar-refractivity contribution in [3.05, 3.63) is 28.2 Å². The highest BCUT2D eigenvalue weighted by molar-refractivity contribution is 9.10. The highest BCUT2D eigenvalue weighted by Gasteiger charge is 2.31. The molecule has 88 valence electrons. The van der Waals surface area contributed by atoms with Crippen molar-refractivity contribution in [2.24, 2.45) is 11.7 Å². The number of aliphatic hydroxyl groups excluding tert-OH is 1. The smallest absolute Gasteiger partial charge is 0.134 e. The van der Waals surface area contributed by atoms with Crippen molar-refractivity contribution in [3.63, 3.8) is 0 Å². The maximum atomic E-state index is 10.1. The Hall–Kier alpha value is -0.580. The molecule has 2 rings (SSSR count). The molecule has 0 aromatic heterocycles. The highest BCUT2D eigenvalue weighted by Crippen LogP contribution is 2.38. The topological polar surface area (TPSA) is 66.5 Å². The van der Waals surface area contributed by atoms with Crippen molar-refractivity contribution >= 4 is 15.9 Å². The normalized spacial score (nSPS) is 20.2. The van der Waals surface area contributed by atoms with Gasteiger partial charge in [0.1, 0.15) is 5.75 Å². The number of para-hydroxylation sites is 1. The quantitative estimate of drug-likeness (QED) is 0.799. The van der Waals surface area contributed by atoms with Gasteiger partial charge in [-0.05, 0) is 40.8 Å². The minimum atomic E-state index is -0.561. The van der Waals surface area contributed by atoms with Gasteiger partial charge in [-0.15, -0.1) is 0 Å². The minimum absolute atomic E-state index is 0.133. The van der Waals surface area contributed by atoms with Crippen LogP contribution in [0, 0.1) is 5.92 Å². The van der Waals surface area contributed by atoms with Gasteiger partial charge in [0.15, 0.2) is 0 Å². The lowest BCUT2D eigenvalue weighted by Crippen LogP contribution is -2.36. The molecule has 1 aromatic rings. The van der Waals surface area contributed by atoms with Gasteiger partial charge < -0.3 is 15.9 Å². The SMILES string of the molecule is N[C@@H](c1cccc(Br)c1O)[C@H](O)C1CCC1. The molecule has 0 saturated heterocycles. The van der Waals surface area contributed by atoms with Gasteiger partial charge >= 0.3 is 0 Å². The van der Waals surface area contributed by atoms with Crippen molar-refractivity contribution in [2.45, 2.75) is 31.4 Å². The Bertz CT molecular complexity index is 379. The van der Waals surface area contributed by atoms with Crippen LogP contribution in [0.3, 0.4) is 0 Å². The second-order valence-electron chi connectivity index (χ2n) is 4.39. The molecule has 1 aromatic carbocycles. The highest BCUT2D eigenvalue weighted by atomic mass is 79.9. The van der Waals surface area contributed by atoms with E-state index in [0.29, 0.717) is 10.0 Å². The Kier molecular flexibility index (Phi) is 3.52. The molecule has 0 aliphatic heterocycles. The van der Waals surface area contributed by atoms with E-state index in [9.17, 15) is 10.2 Å². The third-order valence-corrected chi connectivity index (χ3v) is 4.02. The Morgan fingerprint density at radius 3 is 2.62 bits per heavy atom. The lowest BCUT2D eigenvalue weighted by molar-refractivity contribution is 0.0407. The van der Waals surface area contributed by atoms with Gasteiger partial charge in [-0.1, -0.05) is 18.6 Å². The van der Waals surface area contributed by atoms with Gasteiger partial charge in [0.2, 0.25) is 0 Å². The molecule has 1 saturated carbocycles. The summed E-state index contributed by atoms with van der Waals surface area (Å²) < 4.78 is 0.612. The van der Waals surface area contributed by atoms with Crippen molar-refractivity contribution in [3.8, 4) is 5.75 Å². The predicted octanol–water partition coefficient (Wildman–Crippen LogP) is 2.32. The van der Waals surface area contributed by atoms with Gasteiger partial charge in [-0.3, -0.25) is 0 Å². The van der Waals surface area contributed by atoms with Gasteiger partial charge in [0.25, 0.3) is 0 Å². The van der Waals surface area contributed by atoms with Crippen LogP contribution in [-0.2, 0) is 0 Å². The Balaban J connectivity index is 2.19. The molecule has 1 aliphatic rings. The number of rotatable bonds is 3. The number of aliphatic hydroxyl groups is 1. The number of phenolic OH excluding ortho intramolecular Hbond substituents is 1. The lowest BCUT2D eigenvalue weighted by atomic mass is 9.77. The summed E-state index contributed by atoms with van der Waals surface area (Å²) in [5, 5.41) is 19.9. The fourth-order valence-electron chi connectivity index (χ4n) is 2.06. The molecular formula is C12H16BrNO2. The summed E-state index contributed by atoms with van der Waals surface area (Å²) in [4.78, 5) is 0. The van der Waals surface area contributed by atoms with Crippen LogP contribution < -0.4 is 5.73 Å². The van der Waals surface area contributed by atoms with Crippen molar-refractivity contribution in [1.82, 2.24) is 0 Å². The summed E-state index contributed by atoms with van der Waals surface area (Å²) in [6, 6.07) is 4.81. The maximum Gasteiger partial charge on any atom is 0.134 e. The minimum Gasteiger partial charge on any atom is -0.506 e. The Labute approximate surface area is 103 Å². The number of hydrogen-bond acceptors (Lipinski definition) is 3. The van der Waals surface area contributed by atoms with E-state index in [1.165, 1.54) is 6.42 Å².